The summed E-state index contributed by atoms with van der Waals surface area (Å²) in [5.41, 5.74) is 1.09. The SMILES string of the molecule is COC(=O)[C@@H]1C[C@@H](N(C)C)CN1C(=O)c1ccc2ccn(C)c2n1. The number of aryl methyl sites for hydroxylation is 1. The van der Waals surface area contributed by atoms with E-state index in [1.165, 1.54) is 7.11 Å². The van der Waals surface area contributed by atoms with E-state index in [9.17, 15) is 9.59 Å². The van der Waals surface area contributed by atoms with Crippen LogP contribution in [0.3, 0.4) is 0 Å². The van der Waals surface area contributed by atoms with Crippen molar-refractivity contribution in [3.05, 3.63) is 30.1 Å². The quantitative estimate of drug-likeness (QED) is 0.782. The van der Waals surface area contributed by atoms with Crippen molar-refractivity contribution in [1.82, 2.24) is 19.4 Å². The number of esters is 1. The van der Waals surface area contributed by atoms with E-state index in [0.29, 0.717) is 18.7 Å². The third-order valence-electron chi connectivity index (χ3n) is 4.68. The maximum atomic E-state index is 13.0. The Morgan fingerprint density at radius 3 is 2.71 bits per heavy atom. The fraction of sp³-hybridized carbons (Fsp3) is 0.471. The van der Waals surface area contributed by atoms with Crippen LogP contribution in [0.25, 0.3) is 11.0 Å². The Kier molecular flexibility index (Phi) is 4.28. The largest absolute Gasteiger partial charge is 0.467 e. The van der Waals surface area contributed by atoms with E-state index in [4.69, 9.17) is 4.74 Å². The van der Waals surface area contributed by atoms with Crippen molar-refractivity contribution in [2.45, 2.75) is 18.5 Å². The van der Waals surface area contributed by atoms with Crippen LogP contribution in [-0.2, 0) is 16.6 Å². The highest BCUT2D eigenvalue weighted by Crippen LogP contribution is 2.24. The molecule has 1 aliphatic heterocycles. The van der Waals surface area contributed by atoms with Crippen LogP contribution in [0.15, 0.2) is 24.4 Å². The molecule has 0 spiro atoms. The number of hydrogen-bond donors (Lipinski definition) is 0. The number of fused-ring (bicyclic) bond motifs is 1. The van der Waals surface area contributed by atoms with Crippen LogP contribution in [0.2, 0.25) is 0 Å². The molecule has 1 fully saturated rings. The predicted octanol–water partition coefficient (Wildman–Crippen LogP) is 0.891. The van der Waals surface area contributed by atoms with Gasteiger partial charge in [-0.25, -0.2) is 9.78 Å². The van der Waals surface area contributed by atoms with Crippen molar-refractivity contribution in [3.8, 4) is 0 Å². The number of ether oxygens (including phenoxy) is 1. The smallest absolute Gasteiger partial charge is 0.328 e. The number of aromatic nitrogens is 2. The van der Waals surface area contributed by atoms with Gasteiger partial charge in [0.1, 0.15) is 17.4 Å². The second kappa shape index (κ2) is 6.24. The summed E-state index contributed by atoms with van der Waals surface area (Å²) in [6.45, 7) is 0.485. The van der Waals surface area contributed by atoms with E-state index in [-0.39, 0.29) is 17.9 Å². The molecule has 0 bridgehead atoms. The average Bonchev–Trinajstić information content (AvgIpc) is 3.18. The Balaban J connectivity index is 1.92. The van der Waals surface area contributed by atoms with E-state index in [1.807, 2.05) is 48.9 Å². The van der Waals surface area contributed by atoms with Crippen molar-refractivity contribution in [3.63, 3.8) is 0 Å². The molecule has 7 nitrogen and oxygen atoms in total. The molecule has 2 aromatic heterocycles. The molecule has 1 aliphatic rings. The van der Waals surface area contributed by atoms with Crippen molar-refractivity contribution in [2.75, 3.05) is 27.7 Å². The molecule has 0 aliphatic carbocycles. The van der Waals surface area contributed by atoms with Crippen LogP contribution in [0.4, 0.5) is 0 Å². The first-order valence-corrected chi connectivity index (χ1v) is 7.89. The first-order chi connectivity index (χ1) is 11.4. The van der Waals surface area contributed by atoms with E-state index in [1.54, 1.807) is 11.0 Å². The fourth-order valence-corrected chi connectivity index (χ4v) is 3.17. The van der Waals surface area contributed by atoms with Gasteiger partial charge in [0.2, 0.25) is 0 Å². The van der Waals surface area contributed by atoms with Crippen LogP contribution in [0.5, 0.6) is 0 Å². The molecule has 0 N–H and O–H groups in total. The molecule has 1 amide bonds. The summed E-state index contributed by atoms with van der Waals surface area (Å²) < 4.78 is 6.75. The van der Waals surface area contributed by atoms with Gasteiger partial charge >= 0.3 is 5.97 Å². The number of methoxy groups -OCH3 is 1. The highest BCUT2D eigenvalue weighted by atomic mass is 16.5. The summed E-state index contributed by atoms with van der Waals surface area (Å²) in [5, 5.41) is 0.978. The molecule has 7 heteroatoms. The number of amides is 1. The van der Waals surface area contributed by atoms with Crippen LogP contribution in [0.1, 0.15) is 16.9 Å². The van der Waals surface area contributed by atoms with Crippen LogP contribution >= 0.6 is 0 Å². The normalized spacial score (nSPS) is 20.8. The molecule has 0 unspecified atom stereocenters. The summed E-state index contributed by atoms with van der Waals surface area (Å²) in [4.78, 5) is 33.1. The molecule has 2 atom stereocenters. The minimum atomic E-state index is -0.569. The Morgan fingerprint density at radius 1 is 1.29 bits per heavy atom. The number of nitrogens with zero attached hydrogens (tertiary/aromatic N) is 4. The maximum absolute atomic E-state index is 13.0. The van der Waals surface area contributed by atoms with Gasteiger partial charge in [0.25, 0.3) is 5.91 Å². The molecular formula is C17H22N4O3. The number of hydrogen-bond acceptors (Lipinski definition) is 5. The number of carbonyl (C=O) groups excluding carboxylic acids is 2. The minimum Gasteiger partial charge on any atom is -0.467 e. The fourth-order valence-electron chi connectivity index (χ4n) is 3.17. The van der Waals surface area contributed by atoms with Crippen LogP contribution in [-0.4, -0.2) is 71.1 Å². The molecule has 128 valence electrons. The van der Waals surface area contributed by atoms with Gasteiger partial charge in [0.15, 0.2) is 0 Å². The summed E-state index contributed by atoms with van der Waals surface area (Å²) >= 11 is 0. The van der Waals surface area contributed by atoms with Gasteiger partial charge in [-0.3, -0.25) is 4.79 Å². The van der Waals surface area contributed by atoms with Crippen molar-refractivity contribution < 1.29 is 14.3 Å². The zero-order chi connectivity index (χ0) is 17.4. The number of pyridine rings is 1. The molecule has 2 aromatic rings. The summed E-state index contributed by atoms with van der Waals surface area (Å²) in [6.07, 6.45) is 2.47. The molecule has 24 heavy (non-hydrogen) atoms. The van der Waals surface area contributed by atoms with Gasteiger partial charge < -0.3 is 19.1 Å². The number of likely N-dealkylation sites (tertiary alicyclic amines) is 1. The lowest BCUT2D eigenvalue weighted by atomic mass is 10.1. The minimum absolute atomic E-state index is 0.122. The summed E-state index contributed by atoms with van der Waals surface area (Å²) in [6, 6.07) is 5.09. The lowest BCUT2D eigenvalue weighted by Gasteiger charge is -2.22. The third-order valence-corrected chi connectivity index (χ3v) is 4.68. The van der Waals surface area contributed by atoms with E-state index in [2.05, 4.69) is 4.98 Å². The highest BCUT2D eigenvalue weighted by molar-refractivity contribution is 5.97. The first kappa shape index (κ1) is 16.4. The first-order valence-electron chi connectivity index (χ1n) is 7.89. The van der Waals surface area contributed by atoms with Gasteiger partial charge in [-0.2, -0.15) is 0 Å². The molecule has 0 radical (unpaired) electrons. The second-order valence-corrected chi connectivity index (χ2v) is 6.39. The van der Waals surface area contributed by atoms with Gasteiger partial charge in [0, 0.05) is 31.2 Å². The van der Waals surface area contributed by atoms with Crippen LogP contribution < -0.4 is 0 Å². The lowest BCUT2D eigenvalue weighted by Crippen LogP contribution is -2.41. The molecule has 1 saturated heterocycles. The van der Waals surface area contributed by atoms with E-state index >= 15 is 0 Å². The molecule has 0 saturated carbocycles. The third kappa shape index (κ3) is 2.75. The Hall–Kier alpha value is -2.41. The summed E-state index contributed by atoms with van der Waals surface area (Å²) in [7, 11) is 7.13. The molecule has 3 rings (SSSR count). The van der Waals surface area contributed by atoms with Crippen molar-refractivity contribution in [1.29, 1.82) is 0 Å². The number of carbonyl (C=O) groups is 2. The van der Waals surface area contributed by atoms with Gasteiger partial charge in [-0.15, -0.1) is 0 Å². The van der Waals surface area contributed by atoms with Crippen molar-refractivity contribution in [2.24, 2.45) is 7.05 Å². The number of likely N-dealkylation sites (N-methyl/N-ethyl adjacent to an activating group) is 1. The van der Waals surface area contributed by atoms with Gasteiger partial charge in [-0.1, -0.05) is 0 Å². The van der Waals surface area contributed by atoms with Crippen LogP contribution in [0, 0.1) is 0 Å². The monoisotopic (exact) mass is 330 g/mol. The topological polar surface area (TPSA) is 67.7 Å². The standard InChI is InChI=1S/C17H22N4O3/c1-19(2)12-9-14(17(23)24-4)21(10-12)16(22)13-6-5-11-7-8-20(3)15(11)18-13/h5-8,12,14H,9-10H2,1-4H3/t12-,14+/m1/s1. The van der Waals surface area contributed by atoms with E-state index in [0.717, 1.165) is 11.0 Å². The van der Waals surface area contributed by atoms with E-state index < -0.39 is 6.04 Å². The van der Waals surface area contributed by atoms with Gasteiger partial charge in [0.05, 0.1) is 7.11 Å². The molecule has 3 heterocycles. The second-order valence-electron chi connectivity index (χ2n) is 6.39. The molecular weight excluding hydrogens is 308 g/mol. The Bertz CT molecular complexity index is 783. The highest BCUT2D eigenvalue weighted by Gasteiger charge is 2.41. The zero-order valence-electron chi connectivity index (χ0n) is 14.4. The summed E-state index contributed by atoms with van der Waals surface area (Å²) in [5.74, 6) is -0.620. The van der Waals surface area contributed by atoms with Crippen molar-refractivity contribution >= 4 is 22.9 Å². The molecule has 0 aromatic carbocycles. The zero-order valence-corrected chi connectivity index (χ0v) is 14.4. The predicted molar refractivity (Wildman–Crippen MR) is 89.6 cm³/mol. The lowest BCUT2D eigenvalue weighted by molar-refractivity contribution is -0.145. The van der Waals surface area contributed by atoms with Gasteiger partial charge in [-0.05, 0) is 38.7 Å². The number of rotatable bonds is 3. The maximum Gasteiger partial charge on any atom is 0.328 e. The Morgan fingerprint density at radius 2 is 2.04 bits per heavy atom. The Labute approximate surface area is 140 Å². The average molecular weight is 330 g/mol.